The highest BCUT2D eigenvalue weighted by Gasteiger charge is 2.12. The zero-order chi connectivity index (χ0) is 13.0. The van der Waals surface area contributed by atoms with E-state index in [9.17, 15) is 4.79 Å². The fraction of sp³-hybridized carbons (Fsp3) is 0.143. The minimum Gasteiger partial charge on any atom is -0.480 e. The van der Waals surface area contributed by atoms with Crippen LogP contribution in [0.1, 0.15) is 0 Å². The molecule has 0 atom stereocenters. The first-order valence-electron chi connectivity index (χ1n) is 5.64. The van der Waals surface area contributed by atoms with Crippen molar-refractivity contribution < 1.29 is 9.90 Å². The number of para-hydroxylation sites is 1. The number of anilines is 1. The molecule has 0 unspecified atom stereocenters. The third-order valence-electron chi connectivity index (χ3n) is 2.64. The van der Waals surface area contributed by atoms with Gasteiger partial charge in [0.25, 0.3) is 0 Å². The number of carboxylic acids is 1. The molecule has 18 heavy (non-hydrogen) atoms. The SMILES string of the molecule is C=CCN(CC(=O)O)c1ccnc2ccccc12. The van der Waals surface area contributed by atoms with Crippen LogP contribution >= 0.6 is 0 Å². The van der Waals surface area contributed by atoms with Gasteiger partial charge in [-0.2, -0.15) is 0 Å². The molecular weight excluding hydrogens is 228 g/mol. The molecule has 92 valence electrons. The number of benzene rings is 1. The van der Waals surface area contributed by atoms with Crippen LogP contribution in [0.5, 0.6) is 0 Å². The van der Waals surface area contributed by atoms with E-state index in [2.05, 4.69) is 11.6 Å². The molecule has 0 amide bonds. The fourth-order valence-electron chi connectivity index (χ4n) is 1.92. The van der Waals surface area contributed by atoms with Crippen molar-refractivity contribution in [3.05, 3.63) is 49.2 Å². The van der Waals surface area contributed by atoms with Crippen LogP contribution in [-0.2, 0) is 4.79 Å². The van der Waals surface area contributed by atoms with Gasteiger partial charge in [0.05, 0.1) is 5.52 Å². The summed E-state index contributed by atoms with van der Waals surface area (Å²) < 4.78 is 0. The molecular formula is C14H14N2O2. The van der Waals surface area contributed by atoms with Gasteiger partial charge in [0.2, 0.25) is 0 Å². The molecule has 1 aromatic heterocycles. The number of nitrogens with zero attached hydrogens (tertiary/aromatic N) is 2. The molecule has 0 aliphatic heterocycles. The Bertz CT molecular complexity index is 576. The second-order valence-corrected chi connectivity index (χ2v) is 3.91. The Labute approximate surface area is 105 Å². The summed E-state index contributed by atoms with van der Waals surface area (Å²) in [5, 5.41) is 9.90. The van der Waals surface area contributed by atoms with Crippen LogP contribution < -0.4 is 4.90 Å². The molecule has 0 fully saturated rings. The second kappa shape index (κ2) is 5.31. The highest BCUT2D eigenvalue weighted by atomic mass is 16.4. The van der Waals surface area contributed by atoms with E-state index < -0.39 is 5.97 Å². The van der Waals surface area contributed by atoms with Crippen molar-refractivity contribution in [3.63, 3.8) is 0 Å². The first-order valence-corrected chi connectivity index (χ1v) is 5.64. The standard InChI is InChI=1S/C14H14N2O2/c1-2-9-16(10-14(17)18)13-7-8-15-12-6-4-3-5-11(12)13/h2-8H,1,9-10H2,(H,17,18). The van der Waals surface area contributed by atoms with E-state index in [4.69, 9.17) is 5.11 Å². The maximum absolute atomic E-state index is 10.9. The van der Waals surface area contributed by atoms with Crippen LogP contribution in [0.25, 0.3) is 10.9 Å². The maximum Gasteiger partial charge on any atom is 0.323 e. The normalized spacial score (nSPS) is 10.2. The van der Waals surface area contributed by atoms with Crippen LogP contribution in [0.15, 0.2) is 49.2 Å². The molecule has 4 nitrogen and oxygen atoms in total. The van der Waals surface area contributed by atoms with Crippen LogP contribution in [0.4, 0.5) is 5.69 Å². The molecule has 0 bridgehead atoms. The molecule has 0 saturated carbocycles. The number of hydrogen-bond donors (Lipinski definition) is 1. The van der Waals surface area contributed by atoms with Crippen LogP contribution in [0.2, 0.25) is 0 Å². The van der Waals surface area contributed by atoms with E-state index in [0.29, 0.717) is 6.54 Å². The van der Waals surface area contributed by atoms with Crippen molar-refractivity contribution in [1.29, 1.82) is 0 Å². The lowest BCUT2D eigenvalue weighted by Crippen LogP contribution is -2.29. The molecule has 1 N–H and O–H groups in total. The minimum absolute atomic E-state index is 0.0555. The third-order valence-corrected chi connectivity index (χ3v) is 2.64. The van der Waals surface area contributed by atoms with E-state index in [1.165, 1.54) is 0 Å². The summed E-state index contributed by atoms with van der Waals surface area (Å²) in [7, 11) is 0. The maximum atomic E-state index is 10.9. The van der Waals surface area contributed by atoms with E-state index in [-0.39, 0.29) is 6.54 Å². The Kier molecular flexibility index (Phi) is 3.57. The van der Waals surface area contributed by atoms with Crippen LogP contribution in [0.3, 0.4) is 0 Å². The highest BCUT2D eigenvalue weighted by molar-refractivity contribution is 5.92. The molecule has 2 rings (SSSR count). The summed E-state index contributed by atoms with van der Waals surface area (Å²) in [6.45, 7) is 4.09. The molecule has 0 aliphatic rings. The lowest BCUT2D eigenvalue weighted by molar-refractivity contribution is -0.135. The Morgan fingerprint density at radius 2 is 2.17 bits per heavy atom. The number of fused-ring (bicyclic) bond motifs is 1. The third kappa shape index (κ3) is 2.48. The van der Waals surface area contributed by atoms with Gasteiger partial charge in [-0.1, -0.05) is 24.3 Å². The van der Waals surface area contributed by atoms with Crippen molar-refractivity contribution >= 4 is 22.6 Å². The lowest BCUT2D eigenvalue weighted by Gasteiger charge is -2.22. The predicted octanol–water partition coefficient (Wildman–Crippen LogP) is 2.31. The summed E-state index contributed by atoms with van der Waals surface area (Å²) in [4.78, 5) is 16.9. The number of carboxylic acid groups (broad SMARTS) is 1. The monoisotopic (exact) mass is 242 g/mol. The van der Waals surface area contributed by atoms with Crippen molar-refractivity contribution in [2.45, 2.75) is 0 Å². The van der Waals surface area contributed by atoms with Gasteiger partial charge in [-0.25, -0.2) is 0 Å². The smallest absolute Gasteiger partial charge is 0.323 e. The van der Waals surface area contributed by atoms with Gasteiger partial charge < -0.3 is 10.0 Å². The average Bonchev–Trinajstić information content (AvgIpc) is 2.37. The van der Waals surface area contributed by atoms with E-state index in [1.54, 1.807) is 17.2 Å². The van der Waals surface area contributed by atoms with E-state index in [0.717, 1.165) is 16.6 Å². The Balaban J connectivity index is 2.49. The van der Waals surface area contributed by atoms with Crippen molar-refractivity contribution in [2.75, 3.05) is 18.0 Å². The number of rotatable bonds is 5. The summed E-state index contributed by atoms with van der Waals surface area (Å²) in [5.41, 5.74) is 1.72. The fourth-order valence-corrected chi connectivity index (χ4v) is 1.92. The molecule has 1 heterocycles. The Morgan fingerprint density at radius 3 is 2.89 bits per heavy atom. The lowest BCUT2D eigenvalue weighted by atomic mass is 10.1. The van der Waals surface area contributed by atoms with Crippen molar-refractivity contribution in [1.82, 2.24) is 4.98 Å². The topological polar surface area (TPSA) is 53.4 Å². The summed E-state index contributed by atoms with van der Waals surface area (Å²) in [6.07, 6.45) is 3.38. The average molecular weight is 242 g/mol. The van der Waals surface area contributed by atoms with Gasteiger partial charge in [0, 0.05) is 23.8 Å². The number of pyridine rings is 1. The van der Waals surface area contributed by atoms with Gasteiger partial charge in [0.1, 0.15) is 6.54 Å². The van der Waals surface area contributed by atoms with Gasteiger partial charge >= 0.3 is 5.97 Å². The zero-order valence-corrected chi connectivity index (χ0v) is 9.91. The van der Waals surface area contributed by atoms with Crippen LogP contribution in [-0.4, -0.2) is 29.1 Å². The van der Waals surface area contributed by atoms with Gasteiger partial charge in [-0.05, 0) is 12.1 Å². The van der Waals surface area contributed by atoms with Crippen molar-refractivity contribution in [2.24, 2.45) is 0 Å². The van der Waals surface area contributed by atoms with Gasteiger partial charge in [-0.3, -0.25) is 9.78 Å². The Morgan fingerprint density at radius 1 is 1.39 bits per heavy atom. The molecule has 0 radical (unpaired) electrons. The molecule has 0 aliphatic carbocycles. The largest absolute Gasteiger partial charge is 0.480 e. The van der Waals surface area contributed by atoms with Crippen LogP contribution in [0, 0.1) is 0 Å². The summed E-state index contributed by atoms with van der Waals surface area (Å²) in [5.74, 6) is -0.863. The first-order chi connectivity index (χ1) is 8.72. The number of aliphatic carboxylic acids is 1. The second-order valence-electron chi connectivity index (χ2n) is 3.91. The molecule has 0 spiro atoms. The first kappa shape index (κ1) is 12.1. The van der Waals surface area contributed by atoms with Gasteiger partial charge in [-0.15, -0.1) is 6.58 Å². The summed E-state index contributed by atoms with van der Waals surface area (Å²) >= 11 is 0. The number of hydrogen-bond acceptors (Lipinski definition) is 3. The Hall–Kier alpha value is -2.36. The predicted molar refractivity (Wildman–Crippen MR) is 71.8 cm³/mol. The molecule has 0 saturated heterocycles. The molecule has 4 heteroatoms. The molecule has 2 aromatic rings. The van der Waals surface area contributed by atoms with Crippen molar-refractivity contribution in [3.8, 4) is 0 Å². The quantitative estimate of drug-likeness (QED) is 0.817. The van der Waals surface area contributed by atoms with E-state index in [1.807, 2.05) is 30.3 Å². The number of aromatic nitrogens is 1. The van der Waals surface area contributed by atoms with Gasteiger partial charge in [0.15, 0.2) is 0 Å². The van der Waals surface area contributed by atoms with E-state index >= 15 is 0 Å². The summed E-state index contributed by atoms with van der Waals surface area (Å²) in [6, 6.07) is 9.50. The molecule has 1 aromatic carbocycles. The minimum atomic E-state index is -0.863. The number of carbonyl (C=O) groups is 1. The zero-order valence-electron chi connectivity index (χ0n) is 9.91. The highest BCUT2D eigenvalue weighted by Crippen LogP contribution is 2.24.